The van der Waals surface area contributed by atoms with E-state index in [1.807, 2.05) is 30.3 Å². The summed E-state index contributed by atoms with van der Waals surface area (Å²) in [4.78, 5) is 35.4. The van der Waals surface area contributed by atoms with E-state index in [1.165, 1.54) is 0 Å². The molecule has 2 amide bonds. The van der Waals surface area contributed by atoms with Crippen LogP contribution >= 0.6 is 27.5 Å². The van der Waals surface area contributed by atoms with Gasteiger partial charge in [-0.3, -0.25) is 4.79 Å². The Morgan fingerprint density at radius 1 is 1.06 bits per heavy atom. The Morgan fingerprint density at radius 2 is 1.81 bits per heavy atom. The van der Waals surface area contributed by atoms with Crippen molar-refractivity contribution in [2.45, 2.75) is 44.8 Å². The first-order chi connectivity index (χ1) is 15.3. The minimum Gasteiger partial charge on any atom is -0.480 e. The van der Waals surface area contributed by atoms with Crippen LogP contribution in [0.15, 0.2) is 53.0 Å². The molecule has 2 aromatic rings. The van der Waals surface area contributed by atoms with Gasteiger partial charge in [0, 0.05) is 28.9 Å². The minimum atomic E-state index is -1.11. The molecule has 0 saturated heterocycles. The quantitative estimate of drug-likeness (QED) is 0.348. The van der Waals surface area contributed by atoms with Crippen molar-refractivity contribution < 1.29 is 24.2 Å². The number of unbranched alkanes of at least 4 members (excludes halogenated alkanes) is 2. The van der Waals surface area contributed by atoms with Crippen LogP contribution in [0.1, 0.15) is 36.8 Å². The van der Waals surface area contributed by atoms with Crippen LogP contribution in [0.5, 0.6) is 0 Å². The van der Waals surface area contributed by atoms with Gasteiger partial charge < -0.3 is 20.5 Å². The Balaban J connectivity index is 1.61. The zero-order valence-corrected chi connectivity index (χ0v) is 19.8. The first-order valence-corrected chi connectivity index (χ1v) is 11.4. The fourth-order valence-corrected chi connectivity index (χ4v) is 3.54. The number of benzene rings is 2. The number of hydrogen-bond acceptors (Lipinski definition) is 4. The van der Waals surface area contributed by atoms with Gasteiger partial charge in [0.05, 0.1) is 0 Å². The molecule has 0 fully saturated rings. The van der Waals surface area contributed by atoms with E-state index in [-0.39, 0.29) is 25.4 Å². The van der Waals surface area contributed by atoms with E-state index < -0.39 is 18.1 Å². The number of alkyl carbamates (subject to hydrolysis) is 1. The monoisotopic (exact) mass is 524 g/mol. The van der Waals surface area contributed by atoms with Crippen LogP contribution in [0.2, 0.25) is 5.02 Å². The third-order valence-corrected chi connectivity index (χ3v) is 5.64. The molecule has 32 heavy (non-hydrogen) atoms. The number of rotatable bonds is 12. The number of aliphatic carboxylic acids is 1. The minimum absolute atomic E-state index is 0.122. The van der Waals surface area contributed by atoms with Gasteiger partial charge in [0.25, 0.3) is 0 Å². The lowest BCUT2D eigenvalue weighted by atomic mass is 10.1. The maximum atomic E-state index is 12.2. The number of nitrogens with one attached hydrogen (secondary N) is 2. The summed E-state index contributed by atoms with van der Waals surface area (Å²) in [7, 11) is 0. The summed E-state index contributed by atoms with van der Waals surface area (Å²) in [5.41, 5.74) is 1.62. The fraction of sp³-hybridized carbons (Fsp3) is 0.348. The molecule has 2 rings (SSSR count). The highest BCUT2D eigenvalue weighted by atomic mass is 79.9. The van der Waals surface area contributed by atoms with Gasteiger partial charge in [-0.25, -0.2) is 9.59 Å². The number of hydrogen-bond donors (Lipinski definition) is 3. The number of halogens is 2. The molecule has 7 nitrogen and oxygen atoms in total. The van der Waals surface area contributed by atoms with E-state index >= 15 is 0 Å². The highest BCUT2D eigenvalue weighted by Gasteiger charge is 2.21. The topological polar surface area (TPSA) is 105 Å². The maximum Gasteiger partial charge on any atom is 0.407 e. The molecule has 9 heteroatoms. The van der Waals surface area contributed by atoms with Gasteiger partial charge in [0.15, 0.2) is 0 Å². The molecule has 0 aromatic heterocycles. The van der Waals surface area contributed by atoms with Gasteiger partial charge in [0.1, 0.15) is 12.6 Å². The zero-order valence-electron chi connectivity index (χ0n) is 17.5. The van der Waals surface area contributed by atoms with Crippen LogP contribution in [-0.2, 0) is 27.4 Å². The third kappa shape index (κ3) is 9.70. The second-order valence-corrected chi connectivity index (χ2v) is 8.49. The summed E-state index contributed by atoms with van der Waals surface area (Å²) in [5, 5.41) is 15.2. The summed E-state index contributed by atoms with van der Waals surface area (Å²) >= 11 is 9.34. The first kappa shape index (κ1) is 25.7. The molecule has 0 unspecified atom stereocenters. The first-order valence-electron chi connectivity index (χ1n) is 10.3. The largest absolute Gasteiger partial charge is 0.480 e. The summed E-state index contributed by atoms with van der Waals surface area (Å²) in [6, 6.07) is 13.5. The second kappa shape index (κ2) is 13.8. The normalized spacial score (nSPS) is 11.4. The van der Waals surface area contributed by atoms with E-state index in [2.05, 4.69) is 26.6 Å². The van der Waals surface area contributed by atoms with Gasteiger partial charge in [-0.05, 0) is 42.2 Å². The molecule has 0 bridgehead atoms. The smallest absolute Gasteiger partial charge is 0.407 e. The average Bonchev–Trinajstić information content (AvgIpc) is 2.77. The molecule has 3 N–H and O–H groups in total. The predicted molar refractivity (Wildman–Crippen MR) is 126 cm³/mol. The van der Waals surface area contributed by atoms with Crippen LogP contribution in [0.4, 0.5) is 4.79 Å². The van der Waals surface area contributed by atoms with E-state index in [1.54, 1.807) is 18.2 Å². The van der Waals surface area contributed by atoms with Crippen molar-refractivity contribution in [3.63, 3.8) is 0 Å². The molecular formula is C23H26BrClN2O5. The number of carbonyl (C=O) groups excluding carboxylic acids is 2. The summed E-state index contributed by atoms with van der Waals surface area (Å²) in [6.45, 7) is 0.652. The molecule has 0 spiro atoms. The van der Waals surface area contributed by atoms with Gasteiger partial charge in [0.2, 0.25) is 5.91 Å². The van der Waals surface area contributed by atoms with Crippen molar-refractivity contribution in [3.8, 4) is 0 Å². The molecule has 0 aliphatic heterocycles. The number of carboxylic acids is 1. The number of carbonyl (C=O) groups is 3. The van der Waals surface area contributed by atoms with Crippen molar-refractivity contribution in [1.82, 2.24) is 10.6 Å². The molecular weight excluding hydrogens is 500 g/mol. The van der Waals surface area contributed by atoms with Crippen LogP contribution in [0, 0.1) is 0 Å². The predicted octanol–water partition coefficient (Wildman–Crippen LogP) is 4.70. The molecule has 0 aliphatic carbocycles. The van der Waals surface area contributed by atoms with E-state index in [4.69, 9.17) is 16.3 Å². The standard InChI is InChI=1S/C23H26BrClN2O5/c24-19-11-10-18(25)13-17(19)14-20(22(29)30)27-21(28)9-5-2-6-12-26-23(31)32-15-16-7-3-1-4-8-16/h1,3-4,7-8,10-11,13,20H,2,5-6,9,12,14-15H2,(H,26,31)(H,27,28)(H,29,30)/t20-/m0/s1. The second-order valence-electron chi connectivity index (χ2n) is 7.20. The molecule has 0 radical (unpaired) electrons. The summed E-state index contributed by atoms with van der Waals surface area (Å²) < 4.78 is 5.86. The Bertz CT molecular complexity index is 911. The highest BCUT2D eigenvalue weighted by Crippen LogP contribution is 2.22. The van der Waals surface area contributed by atoms with E-state index in [9.17, 15) is 19.5 Å². The van der Waals surface area contributed by atoms with Crippen LogP contribution in [0.3, 0.4) is 0 Å². The van der Waals surface area contributed by atoms with Crippen molar-refractivity contribution in [1.29, 1.82) is 0 Å². The van der Waals surface area contributed by atoms with E-state index in [0.717, 1.165) is 10.0 Å². The lowest BCUT2D eigenvalue weighted by molar-refractivity contribution is -0.141. The van der Waals surface area contributed by atoms with Gasteiger partial charge in [-0.1, -0.05) is 64.3 Å². The Labute approximate surface area is 200 Å². The van der Waals surface area contributed by atoms with E-state index in [0.29, 0.717) is 36.4 Å². The van der Waals surface area contributed by atoms with Crippen LogP contribution < -0.4 is 10.6 Å². The fourth-order valence-electron chi connectivity index (χ4n) is 2.94. The van der Waals surface area contributed by atoms with Crippen LogP contribution in [-0.4, -0.2) is 35.7 Å². The third-order valence-electron chi connectivity index (χ3n) is 4.63. The number of amides is 2. The summed E-state index contributed by atoms with van der Waals surface area (Å²) in [5.74, 6) is -1.44. The lowest BCUT2D eigenvalue weighted by Crippen LogP contribution is -2.42. The zero-order chi connectivity index (χ0) is 23.3. The lowest BCUT2D eigenvalue weighted by Gasteiger charge is -2.16. The molecule has 1 atom stereocenters. The molecule has 0 aliphatic rings. The van der Waals surface area contributed by atoms with Crippen molar-refractivity contribution in [3.05, 3.63) is 69.2 Å². The Kier molecular flexibility index (Phi) is 11.0. The molecule has 2 aromatic carbocycles. The van der Waals surface area contributed by atoms with Crippen molar-refractivity contribution in [2.75, 3.05) is 6.54 Å². The molecule has 0 saturated carbocycles. The SMILES string of the molecule is O=C(CCCCCNC(=O)OCc1ccccc1)N[C@@H](Cc1cc(Cl)ccc1Br)C(=O)O. The summed E-state index contributed by atoms with van der Waals surface area (Å²) in [6.07, 6.45) is 1.83. The Morgan fingerprint density at radius 3 is 2.53 bits per heavy atom. The molecule has 172 valence electrons. The Hall–Kier alpha value is -2.58. The van der Waals surface area contributed by atoms with Gasteiger partial charge in [-0.2, -0.15) is 0 Å². The van der Waals surface area contributed by atoms with Gasteiger partial charge >= 0.3 is 12.1 Å². The van der Waals surface area contributed by atoms with Gasteiger partial charge in [-0.15, -0.1) is 0 Å². The average molecular weight is 526 g/mol. The maximum absolute atomic E-state index is 12.2. The number of carboxylic acid groups (broad SMARTS) is 1. The van der Waals surface area contributed by atoms with Crippen molar-refractivity contribution >= 4 is 45.5 Å². The van der Waals surface area contributed by atoms with Crippen LogP contribution in [0.25, 0.3) is 0 Å². The number of ether oxygens (including phenoxy) is 1. The van der Waals surface area contributed by atoms with Crippen molar-refractivity contribution in [2.24, 2.45) is 0 Å². The highest BCUT2D eigenvalue weighted by molar-refractivity contribution is 9.10. The molecule has 0 heterocycles.